The van der Waals surface area contributed by atoms with Crippen LogP contribution in [0.4, 0.5) is 17.1 Å². The third-order valence-corrected chi connectivity index (χ3v) is 16.5. The van der Waals surface area contributed by atoms with Crippen molar-refractivity contribution in [2.45, 2.75) is 30.4 Å². The Morgan fingerprint density at radius 2 is 0.651 bits per heavy atom. The van der Waals surface area contributed by atoms with Gasteiger partial charge in [-0.1, -0.05) is 193 Å². The zero-order valence-corrected chi connectivity index (χ0v) is 35.8. The Morgan fingerprint density at radius 3 is 1.13 bits per heavy atom. The number of nitrogens with zero attached hydrogens (tertiary/aromatic N) is 1. The van der Waals surface area contributed by atoms with E-state index >= 15 is 0 Å². The van der Waals surface area contributed by atoms with E-state index in [4.69, 9.17) is 0 Å². The molecule has 0 bridgehead atoms. The summed E-state index contributed by atoms with van der Waals surface area (Å²) in [6.45, 7) is 0. The van der Waals surface area contributed by atoms with Crippen molar-refractivity contribution in [3.63, 3.8) is 0 Å². The molecule has 0 unspecified atom stereocenters. The van der Waals surface area contributed by atoms with E-state index in [1.54, 1.807) is 0 Å². The second kappa shape index (κ2) is 13.2. The molecular weight excluding hydrogens is 799 g/mol. The Bertz CT molecular complexity index is 3270. The van der Waals surface area contributed by atoms with Gasteiger partial charge in [-0.25, -0.2) is 0 Å². The van der Waals surface area contributed by atoms with Crippen LogP contribution in [-0.2, 0) is 10.8 Å². The summed E-state index contributed by atoms with van der Waals surface area (Å²) >= 11 is 3.79. The lowest BCUT2D eigenvalue weighted by atomic mass is 9.67. The first-order valence-electron chi connectivity index (χ1n) is 21.7. The van der Waals surface area contributed by atoms with Crippen LogP contribution in [0.3, 0.4) is 0 Å². The predicted molar refractivity (Wildman–Crippen MR) is 261 cm³/mol. The smallest absolute Gasteiger partial charge is 0.0736 e. The number of benzene rings is 10. The van der Waals surface area contributed by atoms with Gasteiger partial charge in [-0.2, -0.15) is 0 Å². The van der Waals surface area contributed by atoms with E-state index in [-0.39, 0.29) is 0 Å². The molecule has 2 aliphatic carbocycles. The van der Waals surface area contributed by atoms with Crippen LogP contribution in [0.15, 0.2) is 244 Å². The predicted octanol–water partition coefficient (Wildman–Crippen LogP) is 16.0. The summed E-state index contributed by atoms with van der Waals surface area (Å²) in [6.07, 6.45) is 0. The van der Waals surface area contributed by atoms with Gasteiger partial charge in [-0.05, 0) is 127 Å². The van der Waals surface area contributed by atoms with Gasteiger partial charge in [0.1, 0.15) is 0 Å². The molecular formula is C60H37NS2. The van der Waals surface area contributed by atoms with Gasteiger partial charge in [0.15, 0.2) is 0 Å². The fourth-order valence-corrected chi connectivity index (χ4v) is 14.2. The summed E-state index contributed by atoms with van der Waals surface area (Å²) in [4.78, 5) is 7.78. The fraction of sp³-hybridized carbons (Fsp3) is 0.0333. The summed E-state index contributed by atoms with van der Waals surface area (Å²) in [5.41, 5.74) is 18.4. The lowest BCUT2D eigenvalue weighted by Crippen LogP contribution is -2.32. The van der Waals surface area contributed by atoms with Crippen LogP contribution >= 0.6 is 23.5 Å². The minimum atomic E-state index is -0.485. The molecule has 0 N–H and O–H groups in total. The minimum Gasteiger partial charge on any atom is -0.310 e. The van der Waals surface area contributed by atoms with Gasteiger partial charge >= 0.3 is 0 Å². The summed E-state index contributed by atoms with van der Waals surface area (Å²) in [6, 6.07) is 84.8. The first-order chi connectivity index (χ1) is 31.2. The van der Waals surface area contributed by atoms with E-state index in [1.165, 1.54) is 97.1 Å². The molecule has 14 rings (SSSR count). The van der Waals surface area contributed by atoms with Gasteiger partial charge in [0.25, 0.3) is 0 Å². The molecule has 294 valence electrons. The van der Waals surface area contributed by atoms with Crippen molar-refractivity contribution in [1.29, 1.82) is 0 Å². The number of hydrogen-bond acceptors (Lipinski definition) is 3. The number of rotatable bonds is 3. The monoisotopic (exact) mass is 835 g/mol. The molecule has 1 nitrogen and oxygen atoms in total. The summed E-state index contributed by atoms with van der Waals surface area (Å²) in [5.74, 6) is 0. The molecule has 0 saturated heterocycles. The molecule has 0 fully saturated rings. The molecule has 0 radical (unpaired) electrons. The van der Waals surface area contributed by atoms with Crippen LogP contribution in [0, 0.1) is 0 Å². The quantitative estimate of drug-likeness (QED) is 0.175. The van der Waals surface area contributed by atoms with E-state index in [0.29, 0.717) is 0 Å². The fourth-order valence-electron chi connectivity index (χ4n) is 11.8. The molecule has 0 amide bonds. The number of hydrogen-bond donors (Lipinski definition) is 0. The first-order valence-corrected chi connectivity index (χ1v) is 23.4. The Balaban J connectivity index is 1.07. The highest BCUT2D eigenvalue weighted by atomic mass is 32.2. The van der Waals surface area contributed by atoms with Crippen LogP contribution in [0.25, 0.3) is 33.0 Å². The first kappa shape index (κ1) is 35.5. The van der Waals surface area contributed by atoms with Gasteiger partial charge in [0.05, 0.1) is 16.5 Å². The molecule has 3 heteroatoms. The third-order valence-electron chi connectivity index (χ3n) is 14.2. The lowest BCUT2D eigenvalue weighted by Gasteiger charge is -2.40. The summed E-state index contributed by atoms with van der Waals surface area (Å²) in [5, 5.41) is 2.43. The average Bonchev–Trinajstić information content (AvgIpc) is 3.79. The van der Waals surface area contributed by atoms with Gasteiger partial charge < -0.3 is 4.90 Å². The number of fused-ring (bicyclic) bond motifs is 19. The van der Waals surface area contributed by atoms with Crippen molar-refractivity contribution in [2.75, 3.05) is 4.90 Å². The SMILES string of the molecule is c1ccc2c(c1)Sc1ccccc1C21c2ccccc2-c2ccc(N(c3ccc4c(c3)C3(c5ccccc5Sc5ccccc53)c3ccccc3-4)c3cccc4ccccc34)cc21. The Morgan fingerprint density at radius 1 is 0.286 bits per heavy atom. The minimum absolute atomic E-state index is 0.485. The van der Waals surface area contributed by atoms with E-state index in [1.807, 2.05) is 23.5 Å². The lowest BCUT2D eigenvalue weighted by molar-refractivity contribution is 0.721. The van der Waals surface area contributed by atoms with Gasteiger partial charge in [-0.15, -0.1) is 0 Å². The van der Waals surface area contributed by atoms with Crippen LogP contribution < -0.4 is 4.90 Å². The molecule has 0 aromatic heterocycles. The zero-order chi connectivity index (χ0) is 41.3. The Kier molecular flexibility index (Phi) is 7.47. The molecule has 2 heterocycles. The molecule has 2 spiro atoms. The maximum Gasteiger partial charge on any atom is 0.0736 e. The van der Waals surface area contributed by atoms with E-state index in [2.05, 4.69) is 229 Å². The van der Waals surface area contributed by atoms with Crippen LogP contribution in [0.2, 0.25) is 0 Å². The van der Waals surface area contributed by atoms with Crippen molar-refractivity contribution in [3.05, 3.63) is 269 Å². The molecule has 4 aliphatic rings. The largest absolute Gasteiger partial charge is 0.310 e. The molecule has 63 heavy (non-hydrogen) atoms. The van der Waals surface area contributed by atoms with Crippen molar-refractivity contribution < 1.29 is 0 Å². The van der Waals surface area contributed by atoms with Crippen LogP contribution in [0.5, 0.6) is 0 Å². The Labute approximate surface area is 375 Å². The van der Waals surface area contributed by atoms with Gasteiger partial charge in [0, 0.05) is 36.3 Å². The van der Waals surface area contributed by atoms with E-state index < -0.39 is 10.8 Å². The summed E-state index contributed by atoms with van der Waals surface area (Å²) in [7, 11) is 0. The van der Waals surface area contributed by atoms with Crippen molar-refractivity contribution in [1.82, 2.24) is 0 Å². The van der Waals surface area contributed by atoms with Gasteiger partial charge in [0.2, 0.25) is 0 Å². The molecule has 10 aromatic rings. The second-order valence-corrected chi connectivity index (χ2v) is 19.2. The highest BCUT2D eigenvalue weighted by Gasteiger charge is 2.52. The van der Waals surface area contributed by atoms with E-state index in [9.17, 15) is 0 Å². The van der Waals surface area contributed by atoms with E-state index in [0.717, 1.165) is 17.1 Å². The zero-order valence-electron chi connectivity index (χ0n) is 34.1. The summed E-state index contributed by atoms with van der Waals surface area (Å²) < 4.78 is 0. The van der Waals surface area contributed by atoms with Crippen molar-refractivity contribution >= 4 is 51.4 Å². The normalized spacial score (nSPS) is 14.8. The van der Waals surface area contributed by atoms with Crippen LogP contribution in [-0.4, -0.2) is 0 Å². The van der Waals surface area contributed by atoms with Crippen LogP contribution in [0.1, 0.15) is 44.5 Å². The maximum atomic E-state index is 2.54. The maximum absolute atomic E-state index is 2.54. The highest BCUT2D eigenvalue weighted by molar-refractivity contribution is 7.99. The topological polar surface area (TPSA) is 3.24 Å². The van der Waals surface area contributed by atoms with Crippen molar-refractivity contribution in [3.8, 4) is 22.3 Å². The molecule has 0 atom stereocenters. The van der Waals surface area contributed by atoms with Gasteiger partial charge in [-0.3, -0.25) is 0 Å². The standard InChI is InChI=1S/C60H37NS2/c1-2-18-41-38(16-1)17-15-27-54(41)61(39-32-34-44-42-19-3-5-21-46(42)59(52(44)36-39)48-23-7-11-28-55(48)62-56-29-12-8-24-49(56)59)40-33-35-45-43-20-4-6-22-47(43)60(53(45)37-40)50-25-9-13-30-57(50)63-58-31-14-10-26-51(58)60/h1-37H. The second-order valence-electron chi connectivity index (χ2n) is 17.1. The molecule has 2 aliphatic heterocycles. The van der Waals surface area contributed by atoms with Crippen molar-refractivity contribution in [2.24, 2.45) is 0 Å². The third kappa shape index (κ3) is 4.66. The molecule has 10 aromatic carbocycles. The number of anilines is 3. The molecule has 0 saturated carbocycles. The Hall–Kier alpha value is -7.04. The highest BCUT2D eigenvalue weighted by Crippen LogP contribution is 2.65. The average molecular weight is 836 g/mol.